The van der Waals surface area contributed by atoms with Crippen LogP contribution < -0.4 is 11.0 Å². The van der Waals surface area contributed by atoms with Gasteiger partial charge >= 0.3 is 0 Å². The first-order chi connectivity index (χ1) is 15.6. The van der Waals surface area contributed by atoms with E-state index in [0.29, 0.717) is 41.3 Å². The van der Waals surface area contributed by atoms with Crippen molar-refractivity contribution in [2.75, 3.05) is 18.2 Å². The second kappa shape index (κ2) is 9.92. The Hall–Kier alpha value is -3.25. The lowest BCUT2D eigenvalue weighted by atomic mass is 10.2. The summed E-state index contributed by atoms with van der Waals surface area (Å²) in [6, 6.07) is 7.10. The van der Waals surface area contributed by atoms with Gasteiger partial charge in [0.25, 0.3) is 5.56 Å². The number of carbonyl (C=O) groups is 1. The summed E-state index contributed by atoms with van der Waals surface area (Å²) in [5, 5.41) is 13.2. The molecule has 0 aliphatic heterocycles. The lowest BCUT2D eigenvalue weighted by molar-refractivity contribution is -0.130. The van der Waals surface area contributed by atoms with Gasteiger partial charge in [-0.1, -0.05) is 42.0 Å². The summed E-state index contributed by atoms with van der Waals surface area (Å²) in [6.07, 6.45) is 4.90. The molecule has 2 N–H and O–H groups in total. The van der Waals surface area contributed by atoms with Crippen molar-refractivity contribution in [1.29, 1.82) is 0 Å². The Labute approximate surface area is 191 Å². The molecule has 0 fully saturated rings. The number of hydrogen-bond acceptors (Lipinski definition) is 10. The van der Waals surface area contributed by atoms with Crippen LogP contribution in [0.4, 0.5) is 5.82 Å². The van der Waals surface area contributed by atoms with E-state index in [0.717, 1.165) is 15.6 Å². The number of fused-ring (bicyclic) bond motifs is 1. The molecule has 0 saturated carbocycles. The van der Waals surface area contributed by atoms with Crippen molar-refractivity contribution in [1.82, 2.24) is 30.3 Å². The Morgan fingerprint density at radius 3 is 2.88 bits per heavy atom. The highest BCUT2D eigenvalue weighted by atomic mass is 32.2. The van der Waals surface area contributed by atoms with Gasteiger partial charge in [0.1, 0.15) is 4.34 Å². The molecule has 0 bridgehead atoms. The SMILES string of the molecule is CCCN(Nc1n[nH]c(=O)c2ccccc12)C(=O)CCc1nc(-c2cnc(SC)s2)no1. The van der Waals surface area contributed by atoms with Crippen LogP contribution in [0.25, 0.3) is 21.5 Å². The molecule has 0 unspecified atom stereocenters. The summed E-state index contributed by atoms with van der Waals surface area (Å²) in [4.78, 5) is 34.4. The summed E-state index contributed by atoms with van der Waals surface area (Å²) in [5.41, 5.74) is 2.77. The predicted molar refractivity (Wildman–Crippen MR) is 123 cm³/mol. The van der Waals surface area contributed by atoms with Gasteiger partial charge in [-0.25, -0.2) is 10.1 Å². The minimum atomic E-state index is -0.280. The number of nitrogens with one attached hydrogen (secondary N) is 2. The fourth-order valence-electron chi connectivity index (χ4n) is 3.06. The largest absolute Gasteiger partial charge is 0.339 e. The average Bonchev–Trinajstić information content (AvgIpc) is 3.48. The highest BCUT2D eigenvalue weighted by Gasteiger charge is 2.18. The van der Waals surface area contributed by atoms with Gasteiger partial charge in [0.15, 0.2) is 5.82 Å². The number of amides is 1. The fourth-order valence-corrected chi connectivity index (χ4v) is 4.39. The first kappa shape index (κ1) is 22.0. The number of carbonyl (C=O) groups excluding carboxylic acids is 1. The van der Waals surface area contributed by atoms with Crippen LogP contribution in [-0.4, -0.2) is 49.0 Å². The molecule has 32 heavy (non-hydrogen) atoms. The van der Waals surface area contributed by atoms with Crippen molar-refractivity contribution >= 4 is 45.6 Å². The summed E-state index contributed by atoms with van der Waals surface area (Å²) in [5.74, 6) is 1.12. The van der Waals surface area contributed by atoms with Gasteiger partial charge in [0, 0.05) is 24.8 Å². The lowest BCUT2D eigenvalue weighted by Gasteiger charge is -2.23. The van der Waals surface area contributed by atoms with Crippen molar-refractivity contribution in [3.63, 3.8) is 0 Å². The lowest BCUT2D eigenvalue weighted by Crippen LogP contribution is -2.37. The molecule has 0 aliphatic carbocycles. The minimum absolute atomic E-state index is 0.147. The molecule has 0 aliphatic rings. The normalized spacial score (nSPS) is 11.1. The van der Waals surface area contributed by atoms with Crippen LogP contribution in [0.3, 0.4) is 0 Å². The van der Waals surface area contributed by atoms with Gasteiger partial charge in [0.2, 0.25) is 17.6 Å². The third kappa shape index (κ3) is 4.81. The summed E-state index contributed by atoms with van der Waals surface area (Å²) in [6.45, 7) is 2.45. The molecule has 0 atom stereocenters. The standard InChI is InChI=1S/C20H21N7O3S2/c1-3-10-27(25-17-12-6-4-5-7-13(12)19(29)24-23-17)16(28)9-8-15-22-18(26-30-15)14-11-21-20(31-2)32-14/h4-7,11H,3,8-10H2,1-2H3,(H,23,25)(H,24,29). The Bertz CT molecular complexity index is 1280. The van der Waals surface area contributed by atoms with E-state index in [1.165, 1.54) is 16.3 Å². The summed E-state index contributed by atoms with van der Waals surface area (Å²) >= 11 is 3.04. The van der Waals surface area contributed by atoms with Gasteiger partial charge in [0.05, 0.1) is 16.5 Å². The molecule has 0 radical (unpaired) electrons. The molecular formula is C20H21N7O3S2. The average molecular weight is 472 g/mol. The number of H-pyrrole nitrogens is 1. The maximum Gasteiger partial charge on any atom is 0.272 e. The van der Waals surface area contributed by atoms with Crippen molar-refractivity contribution in [3.05, 3.63) is 46.7 Å². The topological polar surface area (TPSA) is 130 Å². The highest BCUT2D eigenvalue weighted by Crippen LogP contribution is 2.28. The quantitative estimate of drug-likeness (QED) is 0.279. The van der Waals surface area contributed by atoms with Gasteiger partial charge in [-0.15, -0.1) is 11.3 Å². The van der Waals surface area contributed by atoms with E-state index in [9.17, 15) is 9.59 Å². The van der Waals surface area contributed by atoms with E-state index in [-0.39, 0.29) is 17.9 Å². The smallest absolute Gasteiger partial charge is 0.272 e. The van der Waals surface area contributed by atoms with Crippen molar-refractivity contribution < 1.29 is 9.32 Å². The van der Waals surface area contributed by atoms with Crippen molar-refractivity contribution in [2.45, 2.75) is 30.5 Å². The number of anilines is 1. The number of rotatable bonds is 9. The molecule has 4 aromatic rings. The number of thioether (sulfide) groups is 1. The molecule has 0 spiro atoms. The molecule has 12 heteroatoms. The molecule has 166 valence electrons. The van der Waals surface area contributed by atoms with Crippen LogP contribution >= 0.6 is 23.1 Å². The van der Waals surface area contributed by atoms with Crippen LogP contribution in [0.2, 0.25) is 0 Å². The van der Waals surface area contributed by atoms with Crippen LogP contribution in [0, 0.1) is 0 Å². The second-order valence-electron chi connectivity index (χ2n) is 6.81. The highest BCUT2D eigenvalue weighted by molar-refractivity contribution is 8.00. The molecule has 3 aromatic heterocycles. The van der Waals surface area contributed by atoms with Crippen LogP contribution in [0.1, 0.15) is 25.7 Å². The van der Waals surface area contributed by atoms with Crippen molar-refractivity contribution in [3.8, 4) is 10.7 Å². The molecule has 1 aromatic carbocycles. The number of aromatic amines is 1. The molecule has 0 saturated heterocycles. The third-order valence-electron chi connectivity index (χ3n) is 4.59. The first-order valence-electron chi connectivity index (χ1n) is 9.96. The Morgan fingerprint density at radius 2 is 2.12 bits per heavy atom. The van der Waals surface area contributed by atoms with E-state index in [1.54, 1.807) is 36.2 Å². The zero-order valence-corrected chi connectivity index (χ0v) is 19.1. The number of hydrazine groups is 1. The fraction of sp³-hybridized carbons (Fsp3) is 0.300. The maximum atomic E-state index is 12.9. The van der Waals surface area contributed by atoms with Gasteiger partial charge < -0.3 is 4.52 Å². The van der Waals surface area contributed by atoms with Gasteiger partial charge in [-0.05, 0) is 18.7 Å². The van der Waals surface area contributed by atoms with Crippen LogP contribution in [-0.2, 0) is 11.2 Å². The number of aromatic nitrogens is 5. The van der Waals surface area contributed by atoms with Gasteiger partial charge in [-0.2, -0.15) is 10.1 Å². The Balaban J connectivity index is 1.44. The van der Waals surface area contributed by atoms with Gasteiger partial charge in [-0.3, -0.25) is 20.0 Å². The first-order valence-corrected chi connectivity index (χ1v) is 12.0. The Morgan fingerprint density at radius 1 is 1.31 bits per heavy atom. The molecule has 4 rings (SSSR count). The summed E-state index contributed by atoms with van der Waals surface area (Å²) < 4.78 is 6.23. The Kier molecular flexibility index (Phi) is 6.81. The van der Waals surface area contributed by atoms with Crippen LogP contribution in [0.5, 0.6) is 0 Å². The van der Waals surface area contributed by atoms with Crippen molar-refractivity contribution in [2.24, 2.45) is 0 Å². The van der Waals surface area contributed by atoms with E-state index in [4.69, 9.17) is 4.52 Å². The number of benzene rings is 1. The molecule has 3 heterocycles. The monoisotopic (exact) mass is 471 g/mol. The van der Waals surface area contributed by atoms with E-state index in [1.807, 2.05) is 19.2 Å². The number of thiazole rings is 1. The molecule has 1 amide bonds. The zero-order valence-electron chi connectivity index (χ0n) is 17.5. The van der Waals surface area contributed by atoms with E-state index >= 15 is 0 Å². The number of nitrogens with zero attached hydrogens (tertiary/aromatic N) is 5. The van der Waals surface area contributed by atoms with E-state index in [2.05, 4.69) is 30.7 Å². The summed E-state index contributed by atoms with van der Waals surface area (Å²) in [7, 11) is 0. The van der Waals surface area contributed by atoms with Crippen LogP contribution in [0.15, 0.2) is 44.1 Å². The second-order valence-corrected chi connectivity index (χ2v) is 8.89. The predicted octanol–water partition coefficient (Wildman–Crippen LogP) is 3.35. The maximum absolute atomic E-state index is 12.9. The zero-order chi connectivity index (χ0) is 22.5. The van der Waals surface area contributed by atoms with E-state index < -0.39 is 0 Å². The molecule has 10 nitrogen and oxygen atoms in total. The third-order valence-corrected chi connectivity index (χ3v) is 6.58. The number of aryl methyl sites for hydroxylation is 1. The number of hydrogen-bond donors (Lipinski definition) is 2. The minimum Gasteiger partial charge on any atom is -0.339 e. The molecular weight excluding hydrogens is 450 g/mol.